The number of nitrogens with zero attached hydrogens (tertiary/aromatic N) is 1. The lowest BCUT2D eigenvalue weighted by Gasteiger charge is -2.03. The number of aliphatic imine (C=N–C) groups is 1. The summed E-state index contributed by atoms with van der Waals surface area (Å²) in [7, 11) is 0. The highest BCUT2D eigenvalue weighted by Crippen LogP contribution is 2.57. The van der Waals surface area contributed by atoms with E-state index in [2.05, 4.69) is 48.5 Å². The lowest BCUT2D eigenvalue weighted by atomic mass is 10.1. The Kier molecular flexibility index (Phi) is 2.13. The van der Waals surface area contributed by atoms with Gasteiger partial charge in [-0.3, -0.25) is 4.99 Å². The molecule has 2 aromatic rings. The number of rotatable bonds is 2. The molecular weight excluding hydrogens is 218 g/mol. The predicted octanol–water partition coefficient (Wildman–Crippen LogP) is 3.44. The van der Waals surface area contributed by atoms with Gasteiger partial charge in [-0.1, -0.05) is 54.6 Å². The maximum absolute atomic E-state index is 4.76. The van der Waals surface area contributed by atoms with E-state index < -0.39 is 0 Å². The molecule has 88 valence electrons. The van der Waals surface area contributed by atoms with Crippen molar-refractivity contribution >= 4 is 6.21 Å². The zero-order valence-electron chi connectivity index (χ0n) is 10.2. The van der Waals surface area contributed by atoms with E-state index in [9.17, 15) is 0 Å². The van der Waals surface area contributed by atoms with Crippen LogP contribution in [0.3, 0.4) is 0 Å². The third kappa shape index (κ3) is 1.51. The number of hydrogen-bond acceptors (Lipinski definition) is 1. The molecule has 4 rings (SSSR count). The molecule has 0 N–H and O–H groups in total. The molecular formula is C17H15N. The molecule has 0 unspecified atom stereocenters. The first-order chi connectivity index (χ1) is 8.93. The molecule has 3 atom stereocenters. The monoisotopic (exact) mass is 233 g/mol. The SMILES string of the molecule is C(=N[C@@H]1[C@@H]2Cc3ccccc3[C@@H]21)c1ccccc1. The number of benzene rings is 2. The molecule has 2 aliphatic rings. The molecule has 0 aliphatic heterocycles. The zero-order valence-corrected chi connectivity index (χ0v) is 10.2. The molecule has 0 aromatic heterocycles. The van der Waals surface area contributed by atoms with Gasteiger partial charge in [0, 0.05) is 12.1 Å². The van der Waals surface area contributed by atoms with E-state index in [1.807, 2.05) is 12.3 Å². The maximum Gasteiger partial charge on any atom is 0.0609 e. The van der Waals surface area contributed by atoms with Gasteiger partial charge in [0.15, 0.2) is 0 Å². The van der Waals surface area contributed by atoms with Crippen LogP contribution in [0.4, 0.5) is 0 Å². The lowest BCUT2D eigenvalue weighted by Crippen LogP contribution is -1.96. The quantitative estimate of drug-likeness (QED) is 0.705. The highest BCUT2D eigenvalue weighted by Gasteiger charge is 2.55. The fraction of sp³-hybridized carbons (Fsp3) is 0.235. The minimum atomic E-state index is 0.528. The van der Waals surface area contributed by atoms with E-state index in [1.165, 1.54) is 17.5 Å². The molecule has 1 heteroatoms. The topological polar surface area (TPSA) is 12.4 Å². The number of fused-ring (bicyclic) bond motifs is 3. The van der Waals surface area contributed by atoms with Crippen LogP contribution < -0.4 is 0 Å². The maximum atomic E-state index is 4.76. The Hall–Kier alpha value is -1.89. The van der Waals surface area contributed by atoms with Crippen molar-refractivity contribution in [2.24, 2.45) is 10.9 Å². The van der Waals surface area contributed by atoms with Gasteiger partial charge in [-0.05, 0) is 29.0 Å². The van der Waals surface area contributed by atoms with Crippen LogP contribution in [0.1, 0.15) is 22.6 Å². The van der Waals surface area contributed by atoms with Gasteiger partial charge in [0.25, 0.3) is 0 Å². The van der Waals surface area contributed by atoms with Gasteiger partial charge in [-0.15, -0.1) is 0 Å². The molecule has 0 saturated heterocycles. The van der Waals surface area contributed by atoms with Crippen molar-refractivity contribution in [1.82, 2.24) is 0 Å². The highest BCUT2D eigenvalue weighted by molar-refractivity contribution is 5.80. The molecule has 2 aliphatic carbocycles. The average molecular weight is 233 g/mol. The van der Waals surface area contributed by atoms with Crippen molar-refractivity contribution in [3.8, 4) is 0 Å². The Morgan fingerprint density at radius 1 is 0.944 bits per heavy atom. The first-order valence-corrected chi connectivity index (χ1v) is 6.59. The fourth-order valence-electron chi connectivity index (χ4n) is 3.23. The van der Waals surface area contributed by atoms with Gasteiger partial charge in [0.1, 0.15) is 0 Å². The van der Waals surface area contributed by atoms with Gasteiger partial charge in [-0.2, -0.15) is 0 Å². The Bertz CT molecular complexity index is 600. The van der Waals surface area contributed by atoms with Crippen LogP contribution in [-0.4, -0.2) is 12.3 Å². The molecule has 0 amide bonds. The van der Waals surface area contributed by atoms with Crippen LogP contribution in [-0.2, 0) is 6.42 Å². The van der Waals surface area contributed by atoms with Crippen molar-refractivity contribution in [3.63, 3.8) is 0 Å². The second-order valence-corrected chi connectivity index (χ2v) is 5.27. The van der Waals surface area contributed by atoms with Gasteiger partial charge in [-0.25, -0.2) is 0 Å². The third-order valence-corrected chi connectivity index (χ3v) is 4.19. The normalized spacial score (nSPS) is 28.1. The summed E-state index contributed by atoms with van der Waals surface area (Å²) in [4.78, 5) is 4.76. The van der Waals surface area contributed by atoms with Crippen molar-refractivity contribution < 1.29 is 0 Å². The largest absolute Gasteiger partial charge is 0.288 e. The molecule has 0 spiro atoms. The number of hydrogen-bond donors (Lipinski definition) is 0. The Morgan fingerprint density at radius 3 is 2.61 bits per heavy atom. The Morgan fingerprint density at radius 2 is 1.72 bits per heavy atom. The Labute approximate surface area is 107 Å². The standard InChI is InChI=1S/C17H15N/c1-2-6-12(7-3-1)11-18-17-15-10-13-8-4-5-9-14(13)16(15)17/h1-9,11,15-17H,10H2/t15-,16+,17-/m1/s1. The molecule has 0 bridgehead atoms. The van der Waals surface area contributed by atoms with Crippen LogP contribution in [0.15, 0.2) is 59.6 Å². The summed E-state index contributed by atoms with van der Waals surface area (Å²) in [5.41, 5.74) is 4.28. The van der Waals surface area contributed by atoms with E-state index in [0.717, 1.165) is 5.92 Å². The summed E-state index contributed by atoms with van der Waals surface area (Å²) in [6.07, 6.45) is 3.25. The van der Waals surface area contributed by atoms with Crippen molar-refractivity contribution in [2.75, 3.05) is 0 Å². The lowest BCUT2D eigenvalue weighted by molar-refractivity contribution is 0.804. The van der Waals surface area contributed by atoms with Crippen LogP contribution in [0.2, 0.25) is 0 Å². The van der Waals surface area contributed by atoms with E-state index in [-0.39, 0.29) is 0 Å². The zero-order chi connectivity index (χ0) is 11.9. The summed E-state index contributed by atoms with van der Waals surface area (Å²) in [5, 5.41) is 0. The minimum absolute atomic E-state index is 0.528. The van der Waals surface area contributed by atoms with E-state index in [1.54, 1.807) is 5.56 Å². The molecule has 2 aromatic carbocycles. The average Bonchev–Trinajstić information content (AvgIpc) is 2.97. The highest BCUT2D eigenvalue weighted by atomic mass is 14.9. The predicted molar refractivity (Wildman–Crippen MR) is 74.2 cm³/mol. The van der Waals surface area contributed by atoms with Gasteiger partial charge in [0.2, 0.25) is 0 Å². The molecule has 1 saturated carbocycles. The van der Waals surface area contributed by atoms with Gasteiger partial charge >= 0.3 is 0 Å². The fourth-order valence-corrected chi connectivity index (χ4v) is 3.23. The summed E-state index contributed by atoms with van der Waals surface area (Å²) >= 11 is 0. The van der Waals surface area contributed by atoms with Crippen molar-refractivity contribution in [1.29, 1.82) is 0 Å². The van der Waals surface area contributed by atoms with Crippen molar-refractivity contribution in [3.05, 3.63) is 71.3 Å². The molecule has 1 fully saturated rings. The summed E-state index contributed by atoms with van der Waals surface area (Å²) in [6, 6.07) is 19.7. The third-order valence-electron chi connectivity index (χ3n) is 4.19. The molecule has 0 heterocycles. The van der Waals surface area contributed by atoms with Crippen LogP contribution in [0, 0.1) is 5.92 Å². The van der Waals surface area contributed by atoms with Gasteiger partial charge < -0.3 is 0 Å². The van der Waals surface area contributed by atoms with E-state index >= 15 is 0 Å². The Balaban J connectivity index is 1.54. The van der Waals surface area contributed by atoms with E-state index in [0.29, 0.717) is 12.0 Å². The van der Waals surface area contributed by atoms with E-state index in [4.69, 9.17) is 4.99 Å². The summed E-state index contributed by atoms with van der Waals surface area (Å²) < 4.78 is 0. The first-order valence-electron chi connectivity index (χ1n) is 6.59. The van der Waals surface area contributed by atoms with Crippen LogP contribution >= 0.6 is 0 Å². The van der Waals surface area contributed by atoms with Crippen molar-refractivity contribution in [2.45, 2.75) is 18.4 Å². The summed E-state index contributed by atoms with van der Waals surface area (Å²) in [5.74, 6) is 1.46. The van der Waals surface area contributed by atoms with Crippen LogP contribution in [0.25, 0.3) is 0 Å². The van der Waals surface area contributed by atoms with Gasteiger partial charge in [0.05, 0.1) is 6.04 Å². The molecule has 18 heavy (non-hydrogen) atoms. The second-order valence-electron chi connectivity index (χ2n) is 5.27. The minimum Gasteiger partial charge on any atom is -0.288 e. The van der Waals surface area contributed by atoms with Crippen LogP contribution in [0.5, 0.6) is 0 Å². The second kappa shape index (κ2) is 3.81. The first kappa shape index (κ1) is 10.1. The summed E-state index contributed by atoms with van der Waals surface area (Å²) in [6.45, 7) is 0. The molecule has 1 nitrogen and oxygen atoms in total. The smallest absolute Gasteiger partial charge is 0.0609 e. The molecule has 0 radical (unpaired) electrons.